The number of sulfonamides is 1. The molecule has 1 amide bonds. The Bertz CT molecular complexity index is 1180. The van der Waals surface area contributed by atoms with E-state index in [4.69, 9.17) is 0 Å². The minimum atomic E-state index is -3.62. The molecule has 192 valence electrons. The molecule has 4 aliphatic carbocycles. The molecule has 0 aromatic heterocycles. The third-order valence-electron chi connectivity index (χ3n) is 9.12. The van der Waals surface area contributed by atoms with Crippen molar-refractivity contribution in [3.05, 3.63) is 54.1 Å². The predicted octanol–water partition coefficient (Wildman–Crippen LogP) is 5.16. The van der Waals surface area contributed by atoms with Gasteiger partial charge in [0, 0.05) is 24.5 Å². The van der Waals surface area contributed by atoms with E-state index < -0.39 is 10.0 Å². The molecule has 1 heterocycles. The van der Waals surface area contributed by atoms with Crippen molar-refractivity contribution >= 4 is 33.0 Å². The lowest BCUT2D eigenvalue weighted by molar-refractivity contribution is -0.114. The van der Waals surface area contributed by atoms with Crippen LogP contribution in [0.5, 0.6) is 0 Å². The predicted molar refractivity (Wildman–Crippen MR) is 145 cm³/mol. The SMILES string of the molecule is CS(=O)(=O)N(CC(=O)Nc1ccc(N2CCCC2)cc1)c1ccc(C23CC4CC(CC(C4)C2)C3)cc1. The van der Waals surface area contributed by atoms with Crippen LogP contribution in [0, 0.1) is 17.8 Å². The van der Waals surface area contributed by atoms with E-state index in [2.05, 4.69) is 22.3 Å². The van der Waals surface area contributed by atoms with Crippen molar-refractivity contribution in [1.29, 1.82) is 0 Å². The molecule has 5 fully saturated rings. The summed E-state index contributed by atoms with van der Waals surface area (Å²) < 4.78 is 26.5. The number of amides is 1. The van der Waals surface area contributed by atoms with Gasteiger partial charge >= 0.3 is 0 Å². The van der Waals surface area contributed by atoms with Crippen LogP contribution in [0.2, 0.25) is 0 Å². The second-order valence-corrected chi connectivity index (χ2v) is 13.7. The molecule has 5 aliphatic rings. The zero-order chi connectivity index (χ0) is 24.9. The Morgan fingerprint density at radius 2 is 1.47 bits per heavy atom. The molecule has 1 N–H and O–H groups in total. The van der Waals surface area contributed by atoms with Gasteiger partial charge in [-0.05, 0) is 116 Å². The van der Waals surface area contributed by atoms with Gasteiger partial charge in [0.1, 0.15) is 6.54 Å². The number of nitrogens with zero attached hydrogens (tertiary/aromatic N) is 2. The van der Waals surface area contributed by atoms with E-state index in [0.29, 0.717) is 11.4 Å². The molecule has 1 aliphatic heterocycles. The number of carbonyl (C=O) groups excluding carboxylic acids is 1. The van der Waals surface area contributed by atoms with E-state index in [1.165, 1.54) is 61.2 Å². The van der Waals surface area contributed by atoms with Gasteiger partial charge in [-0.25, -0.2) is 8.42 Å². The summed E-state index contributed by atoms with van der Waals surface area (Å²) in [4.78, 5) is 15.2. The van der Waals surface area contributed by atoms with Crippen LogP contribution in [0.4, 0.5) is 17.1 Å². The van der Waals surface area contributed by atoms with Gasteiger partial charge < -0.3 is 10.2 Å². The maximum Gasteiger partial charge on any atom is 0.245 e. The largest absolute Gasteiger partial charge is 0.372 e. The summed E-state index contributed by atoms with van der Waals surface area (Å²) in [6.45, 7) is 1.89. The fourth-order valence-electron chi connectivity index (χ4n) is 7.91. The maximum atomic E-state index is 12.9. The van der Waals surface area contributed by atoms with Crippen molar-refractivity contribution in [1.82, 2.24) is 0 Å². The van der Waals surface area contributed by atoms with Crippen LogP contribution in [0.3, 0.4) is 0 Å². The molecule has 36 heavy (non-hydrogen) atoms. The summed E-state index contributed by atoms with van der Waals surface area (Å²) in [7, 11) is -3.62. The first-order valence-electron chi connectivity index (χ1n) is 13.5. The van der Waals surface area contributed by atoms with Crippen molar-refractivity contribution in [3.63, 3.8) is 0 Å². The second-order valence-electron chi connectivity index (χ2n) is 11.8. The first-order chi connectivity index (χ1) is 17.3. The third-order valence-corrected chi connectivity index (χ3v) is 10.3. The van der Waals surface area contributed by atoms with Gasteiger partial charge in [0.2, 0.25) is 15.9 Å². The lowest BCUT2D eigenvalue weighted by Gasteiger charge is -2.57. The van der Waals surface area contributed by atoms with Gasteiger partial charge in [-0.3, -0.25) is 9.10 Å². The molecule has 6 nitrogen and oxygen atoms in total. The smallest absolute Gasteiger partial charge is 0.245 e. The van der Waals surface area contributed by atoms with Gasteiger partial charge in [0.15, 0.2) is 0 Å². The zero-order valence-corrected chi connectivity index (χ0v) is 22.0. The van der Waals surface area contributed by atoms with Crippen molar-refractivity contribution in [2.75, 3.05) is 40.4 Å². The number of nitrogens with one attached hydrogen (secondary N) is 1. The van der Waals surface area contributed by atoms with Crippen LogP contribution in [0.1, 0.15) is 56.9 Å². The monoisotopic (exact) mass is 507 g/mol. The summed E-state index contributed by atoms with van der Waals surface area (Å²) in [5, 5.41) is 2.87. The number of anilines is 3. The van der Waals surface area contributed by atoms with E-state index in [1.807, 2.05) is 36.4 Å². The van der Waals surface area contributed by atoms with Crippen molar-refractivity contribution in [2.45, 2.75) is 56.8 Å². The lowest BCUT2D eigenvalue weighted by atomic mass is 9.48. The van der Waals surface area contributed by atoms with E-state index >= 15 is 0 Å². The molecular formula is C29H37N3O3S. The Labute approximate surface area is 215 Å². The average Bonchev–Trinajstić information content (AvgIpc) is 3.37. The highest BCUT2D eigenvalue weighted by atomic mass is 32.2. The van der Waals surface area contributed by atoms with Gasteiger partial charge in [0.05, 0.1) is 11.9 Å². The number of hydrogen-bond acceptors (Lipinski definition) is 4. The lowest BCUT2D eigenvalue weighted by Crippen LogP contribution is -2.48. The van der Waals surface area contributed by atoms with Gasteiger partial charge in [-0.2, -0.15) is 0 Å². The Kier molecular flexibility index (Phi) is 6.02. The molecule has 2 aromatic rings. The van der Waals surface area contributed by atoms with E-state index in [0.717, 1.165) is 42.8 Å². The number of hydrogen-bond donors (Lipinski definition) is 1. The molecular weight excluding hydrogens is 470 g/mol. The van der Waals surface area contributed by atoms with Crippen molar-refractivity contribution < 1.29 is 13.2 Å². The minimum Gasteiger partial charge on any atom is -0.372 e. The first-order valence-corrected chi connectivity index (χ1v) is 15.4. The average molecular weight is 508 g/mol. The fourth-order valence-corrected chi connectivity index (χ4v) is 8.76. The standard InChI is InChI=1S/C29H37N3O3S/c1-36(34,35)32(20-28(33)30-25-6-10-26(11-7-25)31-12-2-3-13-31)27-8-4-24(5-9-27)29-17-21-14-22(18-29)16-23(15-21)19-29/h4-11,21-23H,2-3,12-20H2,1H3,(H,30,33). The Morgan fingerprint density at radius 3 is 2.00 bits per heavy atom. The van der Waals surface area contributed by atoms with Gasteiger partial charge in [0.25, 0.3) is 0 Å². The summed E-state index contributed by atoms with van der Waals surface area (Å²) in [6.07, 6.45) is 11.6. The molecule has 0 atom stereocenters. The molecule has 0 unspecified atom stereocenters. The first kappa shape index (κ1) is 23.8. The topological polar surface area (TPSA) is 69.7 Å². The molecule has 1 saturated heterocycles. The highest BCUT2D eigenvalue weighted by Crippen LogP contribution is 2.60. The van der Waals surface area contributed by atoms with E-state index in [-0.39, 0.29) is 17.9 Å². The highest BCUT2D eigenvalue weighted by molar-refractivity contribution is 7.92. The zero-order valence-electron chi connectivity index (χ0n) is 21.2. The van der Waals surface area contributed by atoms with Crippen LogP contribution >= 0.6 is 0 Å². The molecule has 4 saturated carbocycles. The van der Waals surface area contributed by atoms with Crippen LogP contribution < -0.4 is 14.5 Å². The summed E-state index contributed by atoms with van der Waals surface area (Å²) >= 11 is 0. The number of carbonyl (C=O) groups is 1. The van der Waals surface area contributed by atoms with E-state index in [9.17, 15) is 13.2 Å². The van der Waals surface area contributed by atoms with Crippen LogP contribution in [-0.2, 0) is 20.2 Å². The summed E-state index contributed by atoms with van der Waals surface area (Å²) in [5.41, 5.74) is 3.99. The Morgan fingerprint density at radius 1 is 0.917 bits per heavy atom. The van der Waals surface area contributed by atoms with Crippen LogP contribution in [0.15, 0.2) is 48.5 Å². The van der Waals surface area contributed by atoms with Gasteiger partial charge in [-0.15, -0.1) is 0 Å². The molecule has 2 aromatic carbocycles. The molecule has 7 heteroatoms. The molecule has 0 spiro atoms. The maximum absolute atomic E-state index is 12.9. The molecule has 0 radical (unpaired) electrons. The van der Waals surface area contributed by atoms with E-state index in [1.54, 1.807) is 0 Å². The second kappa shape index (κ2) is 9.09. The fraction of sp³-hybridized carbons (Fsp3) is 0.552. The normalized spacial score (nSPS) is 28.9. The molecule has 7 rings (SSSR count). The summed E-state index contributed by atoms with van der Waals surface area (Å²) in [5.74, 6) is 2.23. The Balaban J connectivity index is 1.15. The van der Waals surface area contributed by atoms with Gasteiger partial charge in [-0.1, -0.05) is 12.1 Å². The third kappa shape index (κ3) is 4.62. The molecule has 4 bridgehead atoms. The van der Waals surface area contributed by atoms with Crippen LogP contribution in [-0.4, -0.2) is 40.2 Å². The van der Waals surface area contributed by atoms with Crippen molar-refractivity contribution in [2.24, 2.45) is 17.8 Å². The number of benzene rings is 2. The quantitative estimate of drug-likeness (QED) is 0.562. The van der Waals surface area contributed by atoms with Crippen molar-refractivity contribution in [3.8, 4) is 0 Å². The minimum absolute atomic E-state index is 0.247. The number of rotatable bonds is 7. The van der Waals surface area contributed by atoms with Crippen LogP contribution in [0.25, 0.3) is 0 Å². The Hall–Kier alpha value is -2.54. The highest BCUT2D eigenvalue weighted by Gasteiger charge is 2.51. The summed E-state index contributed by atoms with van der Waals surface area (Å²) in [6, 6.07) is 15.8.